The first-order valence-electron chi connectivity index (χ1n) is 8.89. The predicted octanol–water partition coefficient (Wildman–Crippen LogP) is 0.136. The Balaban J connectivity index is 1.47. The van der Waals surface area contributed by atoms with Crippen molar-refractivity contribution in [2.24, 2.45) is 0 Å². The summed E-state index contributed by atoms with van der Waals surface area (Å²) in [5.74, 6) is -0.304. The SMILES string of the molecule is O=C1CN(c2nc(C(=O)Nc3cnccc3N3CCNCC3)cs2)CCN1. The number of hydrogen-bond donors (Lipinski definition) is 3. The van der Waals surface area contributed by atoms with Crippen molar-refractivity contribution in [2.45, 2.75) is 0 Å². The molecule has 2 fully saturated rings. The normalized spacial score (nSPS) is 17.6. The van der Waals surface area contributed by atoms with Gasteiger partial charge in [-0.2, -0.15) is 0 Å². The van der Waals surface area contributed by atoms with Crippen molar-refractivity contribution in [1.82, 2.24) is 20.6 Å². The molecule has 2 aromatic rings. The molecule has 2 aliphatic heterocycles. The van der Waals surface area contributed by atoms with Gasteiger partial charge >= 0.3 is 0 Å². The predicted molar refractivity (Wildman–Crippen MR) is 105 cm³/mol. The second kappa shape index (κ2) is 7.89. The average Bonchev–Trinajstić information content (AvgIpc) is 3.20. The lowest BCUT2D eigenvalue weighted by Crippen LogP contribution is -2.47. The Labute approximate surface area is 160 Å². The van der Waals surface area contributed by atoms with Crippen LogP contribution >= 0.6 is 11.3 Å². The first kappa shape index (κ1) is 17.7. The smallest absolute Gasteiger partial charge is 0.275 e. The van der Waals surface area contributed by atoms with Crippen LogP contribution in [-0.4, -0.2) is 67.6 Å². The molecule has 0 aliphatic carbocycles. The Morgan fingerprint density at radius 1 is 1.19 bits per heavy atom. The third-order valence-electron chi connectivity index (χ3n) is 4.54. The number of pyridine rings is 1. The maximum absolute atomic E-state index is 12.7. The second-order valence-corrected chi connectivity index (χ2v) is 7.21. The number of amides is 2. The maximum Gasteiger partial charge on any atom is 0.275 e. The number of hydrogen-bond acceptors (Lipinski definition) is 8. The molecule has 0 saturated carbocycles. The van der Waals surface area contributed by atoms with Crippen LogP contribution in [0.15, 0.2) is 23.8 Å². The zero-order chi connectivity index (χ0) is 18.6. The number of piperazine rings is 2. The highest BCUT2D eigenvalue weighted by atomic mass is 32.1. The van der Waals surface area contributed by atoms with Crippen LogP contribution in [0.1, 0.15) is 10.5 Å². The number of thiazole rings is 1. The molecule has 27 heavy (non-hydrogen) atoms. The quantitative estimate of drug-likeness (QED) is 0.686. The van der Waals surface area contributed by atoms with Gasteiger partial charge in [0.05, 0.1) is 24.1 Å². The third-order valence-corrected chi connectivity index (χ3v) is 5.44. The van der Waals surface area contributed by atoms with Crippen molar-refractivity contribution in [3.05, 3.63) is 29.5 Å². The summed E-state index contributed by atoms with van der Waals surface area (Å²) in [4.78, 5) is 36.9. The molecule has 0 unspecified atom stereocenters. The molecule has 2 aromatic heterocycles. The Hall–Kier alpha value is -2.72. The standard InChI is InChI=1S/C17H21N7O2S/c25-15-10-24(8-5-20-15)17-22-13(11-27-17)16(26)21-12-9-19-2-1-14(12)23-6-3-18-4-7-23/h1-2,9,11,18H,3-8,10H2,(H,20,25)(H,21,26). The van der Waals surface area contributed by atoms with Crippen LogP contribution in [0.5, 0.6) is 0 Å². The van der Waals surface area contributed by atoms with Gasteiger partial charge in [0, 0.05) is 50.8 Å². The fourth-order valence-electron chi connectivity index (χ4n) is 3.17. The van der Waals surface area contributed by atoms with Gasteiger partial charge in [-0.3, -0.25) is 14.6 Å². The molecule has 0 aromatic carbocycles. The van der Waals surface area contributed by atoms with E-state index in [2.05, 4.69) is 30.8 Å². The van der Waals surface area contributed by atoms with Crippen LogP contribution in [0, 0.1) is 0 Å². The van der Waals surface area contributed by atoms with E-state index in [-0.39, 0.29) is 18.4 Å². The lowest BCUT2D eigenvalue weighted by molar-refractivity contribution is -0.120. The lowest BCUT2D eigenvalue weighted by Gasteiger charge is -2.30. The molecular weight excluding hydrogens is 366 g/mol. The average molecular weight is 387 g/mol. The number of nitrogens with zero attached hydrogens (tertiary/aromatic N) is 4. The van der Waals surface area contributed by atoms with E-state index in [1.54, 1.807) is 17.8 Å². The van der Waals surface area contributed by atoms with E-state index in [1.807, 2.05) is 11.0 Å². The molecule has 2 aliphatic rings. The molecule has 0 spiro atoms. The molecule has 9 nitrogen and oxygen atoms in total. The van der Waals surface area contributed by atoms with Gasteiger partial charge in [0.2, 0.25) is 5.91 Å². The minimum atomic E-state index is -0.275. The van der Waals surface area contributed by atoms with Gasteiger partial charge in [0.25, 0.3) is 5.91 Å². The van der Waals surface area contributed by atoms with Gasteiger partial charge in [-0.15, -0.1) is 11.3 Å². The summed E-state index contributed by atoms with van der Waals surface area (Å²) in [6.45, 7) is 5.13. The van der Waals surface area contributed by atoms with E-state index in [4.69, 9.17) is 0 Å². The van der Waals surface area contributed by atoms with Crippen LogP contribution in [0.2, 0.25) is 0 Å². The molecule has 142 valence electrons. The first-order valence-corrected chi connectivity index (χ1v) is 9.77. The second-order valence-electron chi connectivity index (χ2n) is 6.37. The summed E-state index contributed by atoms with van der Waals surface area (Å²) in [5, 5.41) is 11.4. The highest BCUT2D eigenvalue weighted by Gasteiger charge is 2.22. The summed E-state index contributed by atoms with van der Waals surface area (Å²) in [7, 11) is 0. The van der Waals surface area contributed by atoms with E-state index >= 15 is 0 Å². The van der Waals surface area contributed by atoms with Crippen LogP contribution < -0.4 is 25.8 Å². The zero-order valence-electron chi connectivity index (χ0n) is 14.8. The summed E-state index contributed by atoms with van der Waals surface area (Å²) < 4.78 is 0. The van der Waals surface area contributed by atoms with E-state index in [0.717, 1.165) is 31.9 Å². The van der Waals surface area contributed by atoms with Crippen LogP contribution in [0.3, 0.4) is 0 Å². The number of anilines is 3. The summed E-state index contributed by atoms with van der Waals surface area (Å²) in [6.07, 6.45) is 3.40. The minimum absolute atomic E-state index is 0.0292. The molecule has 4 rings (SSSR count). The Bertz CT molecular complexity index is 834. The molecule has 0 atom stereocenters. The number of nitrogens with one attached hydrogen (secondary N) is 3. The van der Waals surface area contributed by atoms with Gasteiger partial charge < -0.3 is 25.8 Å². The van der Waals surface area contributed by atoms with Crippen LogP contribution in [-0.2, 0) is 4.79 Å². The Kier molecular flexibility index (Phi) is 5.16. The highest BCUT2D eigenvalue weighted by molar-refractivity contribution is 7.14. The van der Waals surface area contributed by atoms with Crippen molar-refractivity contribution in [1.29, 1.82) is 0 Å². The Morgan fingerprint density at radius 2 is 2.00 bits per heavy atom. The number of carbonyl (C=O) groups excluding carboxylic acids is 2. The molecule has 2 amide bonds. The zero-order valence-corrected chi connectivity index (χ0v) is 15.6. The monoisotopic (exact) mass is 387 g/mol. The lowest BCUT2D eigenvalue weighted by atomic mass is 10.2. The molecule has 4 heterocycles. The number of rotatable bonds is 4. The van der Waals surface area contributed by atoms with Crippen molar-refractivity contribution >= 4 is 39.7 Å². The van der Waals surface area contributed by atoms with Crippen molar-refractivity contribution < 1.29 is 9.59 Å². The molecule has 2 saturated heterocycles. The molecule has 10 heteroatoms. The maximum atomic E-state index is 12.7. The summed E-state index contributed by atoms with van der Waals surface area (Å²) in [5.41, 5.74) is 1.98. The van der Waals surface area contributed by atoms with Crippen LogP contribution in [0.4, 0.5) is 16.5 Å². The minimum Gasteiger partial charge on any atom is -0.367 e. The molecule has 0 bridgehead atoms. The number of aromatic nitrogens is 2. The molecular formula is C17H21N7O2S. The fourth-order valence-corrected chi connectivity index (χ4v) is 4.00. The topological polar surface area (TPSA) is 102 Å². The largest absolute Gasteiger partial charge is 0.367 e. The van der Waals surface area contributed by atoms with Gasteiger partial charge in [-0.05, 0) is 6.07 Å². The molecule has 0 radical (unpaired) electrons. The van der Waals surface area contributed by atoms with Crippen LogP contribution in [0.25, 0.3) is 0 Å². The van der Waals surface area contributed by atoms with E-state index in [1.165, 1.54) is 11.3 Å². The van der Waals surface area contributed by atoms with Gasteiger partial charge in [0.15, 0.2) is 5.13 Å². The first-order chi connectivity index (χ1) is 13.2. The summed E-state index contributed by atoms with van der Waals surface area (Å²) in [6, 6.07) is 1.92. The molecule has 3 N–H and O–H groups in total. The van der Waals surface area contributed by atoms with Gasteiger partial charge in [0.1, 0.15) is 5.69 Å². The van der Waals surface area contributed by atoms with Crippen molar-refractivity contribution in [3.8, 4) is 0 Å². The van der Waals surface area contributed by atoms with E-state index in [0.29, 0.717) is 29.6 Å². The highest BCUT2D eigenvalue weighted by Crippen LogP contribution is 2.26. The van der Waals surface area contributed by atoms with Gasteiger partial charge in [-0.25, -0.2) is 4.98 Å². The van der Waals surface area contributed by atoms with E-state index in [9.17, 15) is 9.59 Å². The van der Waals surface area contributed by atoms with E-state index < -0.39 is 0 Å². The van der Waals surface area contributed by atoms with Crippen molar-refractivity contribution in [2.75, 3.05) is 60.9 Å². The number of carbonyl (C=O) groups is 2. The van der Waals surface area contributed by atoms with Gasteiger partial charge in [-0.1, -0.05) is 0 Å². The Morgan fingerprint density at radius 3 is 2.81 bits per heavy atom. The summed E-state index contributed by atoms with van der Waals surface area (Å²) >= 11 is 1.37. The van der Waals surface area contributed by atoms with Crippen molar-refractivity contribution in [3.63, 3.8) is 0 Å². The third kappa shape index (κ3) is 4.01. The fraction of sp³-hybridized carbons (Fsp3) is 0.412.